The molecule has 2 aromatic rings. The number of rotatable bonds is 10. The molecular weight excluding hydrogens is 452 g/mol. The van der Waals surface area contributed by atoms with Crippen molar-refractivity contribution < 1.29 is 14.3 Å². The summed E-state index contributed by atoms with van der Waals surface area (Å²) in [7, 11) is 1.95. The third kappa shape index (κ3) is 7.57. The lowest BCUT2D eigenvalue weighted by atomic mass is 9.96. The third-order valence-corrected chi connectivity index (χ3v) is 6.07. The monoisotopic (exact) mass is 488 g/mol. The predicted molar refractivity (Wildman–Crippen MR) is 137 cm³/mol. The van der Waals surface area contributed by atoms with Crippen LogP contribution in [0.1, 0.15) is 58.9 Å². The second-order valence-electron chi connectivity index (χ2n) is 10.1. The molecule has 0 amide bonds. The summed E-state index contributed by atoms with van der Waals surface area (Å²) < 4.78 is 12.0. The molecule has 1 aliphatic heterocycles. The maximum Gasteiger partial charge on any atom is 0.227 e. The highest BCUT2D eigenvalue weighted by Gasteiger charge is 2.27. The SMILES string of the molecule is CC(=O)C[C@@H](C)c1ccc(O[C@@H]2CCN(c3nc(N(C)CCOC(C)(C)C)ncc3Cl)C2)cc1. The zero-order valence-corrected chi connectivity index (χ0v) is 21.9. The molecule has 1 fully saturated rings. The lowest BCUT2D eigenvalue weighted by molar-refractivity contribution is -0.117. The fraction of sp³-hybridized carbons (Fsp3) is 0.577. The fourth-order valence-corrected chi connectivity index (χ4v) is 4.19. The number of ketones is 1. The Labute approximate surface area is 208 Å². The molecule has 0 unspecified atom stereocenters. The van der Waals surface area contributed by atoms with Gasteiger partial charge in [0, 0.05) is 33.0 Å². The highest BCUT2D eigenvalue weighted by atomic mass is 35.5. The first-order valence-corrected chi connectivity index (χ1v) is 12.3. The number of carbonyl (C=O) groups excluding carboxylic acids is 1. The predicted octanol–water partition coefficient (Wildman–Crippen LogP) is 5.12. The summed E-state index contributed by atoms with van der Waals surface area (Å²) in [6.45, 7) is 12.6. The standard InChI is InChI=1S/C26H37ClN4O3/c1-18(15-19(2)32)20-7-9-21(10-8-20)34-22-11-12-31(17-22)24-23(27)16-28-25(29-24)30(6)13-14-33-26(3,4)5/h7-10,16,18,22H,11-15,17H2,1-6H3/t18-,22-/m1/s1. The van der Waals surface area contributed by atoms with Crippen LogP contribution in [0.5, 0.6) is 5.75 Å². The summed E-state index contributed by atoms with van der Waals surface area (Å²) in [4.78, 5) is 24.6. The van der Waals surface area contributed by atoms with Crippen molar-refractivity contribution in [2.75, 3.05) is 43.1 Å². The van der Waals surface area contributed by atoms with Crippen molar-refractivity contribution in [2.24, 2.45) is 0 Å². The number of nitrogens with zero attached hydrogens (tertiary/aromatic N) is 4. The molecule has 186 valence electrons. The van der Waals surface area contributed by atoms with Crippen molar-refractivity contribution in [3.8, 4) is 5.75 Å². The fourth-order valence-electron chi connectivity index (χ4n) is 3.98. The summed E-state index contributed by atoms with van der Waals surface area (Å²) in [6.07, 6.45) is 3.15. The highest BCUT2D eigenvalue weighted by Crippen LogP contribution is 2.30. The number of Topliss-reactive ketones (excluding diaryl/α,β-unsaturated/α-hetero) is 1. The Bertz CT molecular complexity index is 962. The number of hydrogen-bond donors (Lipinski definition) is 0. The minimum absolute atomic E-state index is 0.0490. The lowest BCUT2D eigenvalue weighted by Gasteiger charge is -2.24. The van der Waals surface area contributed by atoms with Crippen molar-refractivity contribution >= 4 is 29.2 Å². The largest absolute Gasteiger partial charge is 0.489 e. The zero-order valence-electron chi connectivity index (χ0n) is 21.2. The highest BCUT2D eigenvalue weighted by molar-refractivity contribution is 6.32. The molecule has 7 nitrogen and oxygen atoms in total. The van der Waals surface area contributed by atoms with Gasteiger partial charge in [-0.25, -0.2) is 4.98 Å². The summed E-state index contributed by atoms with van der Waals surface area (Å²) >= 11 is 6.46. The van der Waals surface area contributed by atoms with Crippen molar-refractivity contribution in [1.82, 2.24) is 9.97 Å². The van der Waals surface area contributed by atoms with Gasteiger partial charge >= 0.3 is 0 Å². The van der Waals surface area contributed by atoms with E-state index in [1.165, 1.54) is 0 Å². The summed E-state index contributed by atoms with van der Waals surface area (Å²) in [5, 5.41) is 0.535. The van der Waals surface area contributed by atoms with E-state index in [1.54, 1.807) is 13.1 Å². The number of aromatic nitrogens is 2. The number of ether oxygens (including phenoxy) is 2. The number of carbonyl (C=O) groups is 1. The van der Waals surface area contributed by atoms with E-state index in [4.69, 9.17) is 26.1 Å². The average molecular weight is 489 g/mol. The number of anilines is 2. The van der Waals surface area contributed by atoms with Crippen molar-refractivity contribution in [3.63, 3.8) is 0 Å². The Hall–Kier alpha value is -2.38. The third-order valence-electron chi connectivity index (χ3n) is 5.81. The molecule has 2 atom stereocenters. The molecule has 1 saturated heterocycles. The molecular formula is C26H37ClN4O3. The Morgan fingerprint density at radius 1 is 1.29 bits per heavy atom. The first-order chi connectivity index (χ1) is 16.0. The molecule has 0 spiro atoms. The van der Waals surface area contributed by atoms with E-state index in [2.05, 4.69) is 16.8 Å². The number of likely N-dealkylation sites (N-methyl/N-ethyl adjacent to an activating group) is 1. The quantitative estimate of drug-likeness (QED) is 0.459. The maximum atomic E-state index is 11.4. The smallest absolute Gasteiger partial charge is 0.227 e. The molecule has 0 radical (unpaired) electrons. The van der Waals surface area contributed by atoms with Gasteiger partial charge < -0.3 is 24.1 Å². The van der Waals surface area contributed by atoms with Crippen LogP contribution in [-0.4, -0.2) is 60.7 Å². The topological polar surface area (TPSA) is 67.8 Å². The van der Waals surface area contributed by atoms with E-state index >= 15 is 0 Å². The van der Waals surface area contributed by atoms with Crippen molar-refractivity contribution in [3.05, 3.63) is 41.0 Å². The molecule has 1 aliphatic rings. The van der Waals surface area contributed by atoms with E-state index in [0.29, 0.717) is 37.1 Å². The van der Waals surface area contributed by atoms with Crippen LogP contribution >= 0.6 is 11.6 Å². The van der Waals surface area contributed by atoms with Gasteiger partial charge in [0.2, 0.25) is 5.95 Å². The molecule has 8 heteroatoms. The van der Waals surface area contributed by atoms with Gasteiger partial charge in [-0.1, -0.05) is 30.7 Å². The summed E-state index contributed by atoms with van der Waals surface area (Å²) in [5.74, 6) is 2.60. The van der Waals surface area contributed by atoms with Crippen LogP contribution in [0.3, 0.4) is 0 Å². The van der Waals surface area contributed by atoms with Crippen molar-refractivity contribution in [2.45, 2.75) is 65.1 Å². The van der Waals surface area contributed by atoms with Gasteiger partial charge in [0.15, 0.2) is 5.82 Å². The molecule has 0 N–H and O–H groups in total. The molecule has 2 heterocycles. The molecule has 0 aliphatic carbocycles. The molecule has 1 aromatic heterocycles. The van der Waals surface area contributed by atoms with E-state index < -0.39 is 0 Å². The van der Waals surface area contributed by atoms with Crippen LogP contribution in [0.15, 0.2) is 30.5 Å². The number of benzene rings is 1. The van der Waals surface area contributed by atoms with Crippen LogP contribution in [0, 0.1) is 0 Å². The van der Waals surface area contributed by atoms with E-state index in [9.17, 15) is 4.79 Å². The van der Waals surface area contributed by atoms with E-state index in [-0.39, 0.29) is 23.4 Å². The molecule has 1 aromatic carbocycles. The Balaban J connectivity index is 1.58. The first-order valence-electron chi connectivity index (χ1n) is 11.9. The van der Waals surface area contributed by atoms with Crippen LogP contribution in [0.4, 0.5) is 11.8 Å². The van der Waals surface area contributed by atoms with Gasteiger partial charge in [-0.15, -0.1) is 0 Å². The second kappa shape index (κ2) is 11.4. The summed E-state index contributed by atoms with van der Waals surface area (Å²) in [6, 6.07) is 8.06. The Kier molecular flexibility index (Phi) is 8.77. The van der Waals surface area contributed by atoms with Crippen LogP contribution < -0.4 is 14.5 Å². The van der Waals surface area contributed by atoms with Crippen LogP contribution in [-0.2, 0) is 9.53 Å². The van der Waals surface area contributed by atoms with E-state index in [1.807, 2.05) is 57.0 Å². The number of hydrogen-bond acceptors (Lipinski definition) is 7. The minimum Gasteiger partial charge on any atom is -0.489 e. The molecule has 3 rings (SSSR count). The van der Waals surface area contributed by atoms with Gasteiger partial charge in [-0.05, 0) is 51.3 Å². The van der Waals surface area contributed by atoms with Crippen LogP contribution in [0.2, 0.25) is 5.02 Å². The van der Waals surface area contributed by atoms with Gasteiger partial charge in [0.1, 0.15) is 22.7 Å². The first kappa shape index (κ1) is 26.2. The van der Waals surface area contributed by atoms with Crippen molar-refractivity contribution in [1.29, 1.82) is 0 Å². The Morgan fingerprint density at radius 2 is 2.00 bits per heavy atom. The van der Waals surface area contributed by atoms with Crippen LogP contribution in [0.25, 0.3) is 0 Å². The van der Waals surface area contributed by atoms with E-state index in [0.717, 1.165) is 30.1 Å². The minimum atomic E-state index is -0.176. The van der Waals surface area contributed by atoms with Gasteiger partial charge in [0.05, 0.1) is 24.9 Å². The Morgan fingerprint density at radius 3 is 2.65 bits per heavy atom. The summed E-state index contributed by atoms with van der Waals surface area (Å²) in [5.41, 5.74) is 0.970. The molecule has 34 heavy (non-hydrogen) atoms. The normalized spacial score (nSPS) is 17.0. The van der Waals surface area contributed by atoms with Gasteiger partial charge in [0.25, 0.3) is 0 Å². The van der Waals surface area contributed by atoms with Gasteiger partial charge in [-0.2, -0.15) is 4.98 Å². The molecule has 0 saturated carbocycles. The second-order valence-corrected chi connectivity index (χ2v) is 10.5. The lowest BCUT2D eigenvalue weighted by Crippen LogP contribution is -2.30. The number of halogens is 1. The molecule has 0 bridgehead atoms. The van der Waals surface area contributed by atoms with Gasteiger partial charge in [-0.3, -0.25) is 0 Å². The zero-order chi connectivity index (χ0) is 24.9. The average Bonchev–Trinajstić information content (AvgIpc) is 3.21. The maximum absolute atomic E-state index is 11.4.